The first-order chi connectivity index (χ1) is 22.1. The third kappa shape index (κ3) is 8.95. The Morgan fingerprint density at radius 3 is 0.875 bits per heavy atom. The summed E-state index contributed by atoms with van der Waals surface area (Å²) in [5.74, 6) is 0. The lowest BCUT2D eigenvalue weighted by Gasteiger charge is -2.40. The molecule has 0 radical (unpaired) electrons. The smallest absolute Gasteiger partial charge is 0.193 e. The molecule has 0 aliphatic heterocycles. The Hall–Kier alpha value is -0.846. The van der Waals surface area contributed by atoms with Crippen LogP contribution in [-0.4, -0.2) is 16.6 Å². The minimum absolute atomic E-state index is 0.0639. The van der Waals surface area contributed by atoms with E-state index in [4.69, 9.17) is 8.85 Å². The summed E-state index contributed by atoms with van der Waals surface area (Å²) in [6.45, 7) is 23.2. The maximum Gasteiger partial charge on any atom is 0.193 e. The summed E-state index contributed by atoms with van der Waals surface area (Å²) >= 11 is 15.5. The van der Waals surface area contributed by atoms with Gasteiger partial charge in [-0.3, -0.25) is 0 Å². The number of hydrogen-bond donors (Lipinski definition) is 0. The molecular weight excluding hydrogens is 888 g/mol. The van der Waals surface area contributed by atoms with Crippen molar-refractivity contribution in [2.24, 2.45) is 0 Å². The van der Waals surface area contributed by atoms with E-state index in [1.165, 1.54) is 44.5 Å². The van der Waals surface area contributed by atoms with E-state index in [0.29, 0.717) is 0 Å². The fourth-order valence-electron chi connectivity index (χ4n) is 5.79. The Balaban J connectivity index is 1.77. The van der Waals surface area contributed by atoms with Crippen LogP contribution in [0.5, 0.6) is 0 Å². The summed E-state index contributed by atoms with van der Waals surface area (Å²) in [5, 5.41) is 0.128. The van der Waals surface area contributed by atoms with Crippen molar-refractivity contribution in [2.45, 2.75) is 103 Å². The van der Waals surface area contributed by atoms with Crippen LogP contribution in [0.25, 0.3) is 0 Å². The summed E-state index contributed by atoms with van der Waals surface area (Å²) in [4.78, 5) is 0. The second kappa shape index (κ2) is 14.3. The topological polar surface area (TPSA) is 18.5 Å². The van der Waals surface area contributed by atoms with E-state index in [0.717, 1.165) is 30.7 Å². The summed E-state index contributed by atoms with van der Waals surface area (Å²) in [6, 6.07) is 27.3. The molecule has 5 rings (SSSR count). The zero-order valence-corrected chi connectivity index (χ0v) is 38.2. The molecule has 0 saturated heterocycles. The van der Waals surface area contributed by atoms with Crippen LogP contribution in [0.2, 0.25) is 36.3 Å². The van der Waals surface area contributed by atoms with Crippen LogP contribution in [0, 0.1) is 0 Å². The lowest BCUT2D eigenvalue weighted by molar-refractivity contribution is 0.221. The van der Waals surface area contributed by atoms with Crippen LogP contribution < -0.4 is 0 Å². The van der Waals surface area contributed by atoms with Crippen molar-refractivity contribution < 1.29 is 8.85 Å². The van der Waals surface area contributed by atoms with Gasteiger partial charge in [-0.15, -0.1) is 0 Å². The Kier molecular flexibility index (Phi) is 11.4. The molecule has 48 heavy (non-hydrogen) atoms. The van der Waals surface area contributed by atoms with E-state index < -0.39 is 16.6 Å². The average molecular weight is 937 g/mol. The van der Waals surface area contributed by atoms with Crippen molar-refractivity contribution in [1.29, 1.82) is 0 Å². The van der Waals surface area contributed by atoms with Gasteiger partial charge in [-0.1, -0.05) is 130 Å². The first kappa shape index (κ1) is 38.4. The molecule has 8 bridgehead atoms. The number of rotatable bonds is 4. The molecule has 0 atom stereocenters. The Morgan fingerprint density at radius 2 is 0.667 bits per heavy atom. The number of halogens is 4. The van der Waals surface area contributed by atoms with Crippen LogP contribution in [0.4, 0.5) is 0 Å². The monoisotopic (exact) mass is 932 g/mol. The standard InChI is InChI=1S/C40H48Br4O2Si2/c1-39(2,3)47(7,8)45-37-29-13-25(17-33(41)21-29)11-27-15-31(23-35(43)19-27)38(46-48(9,10)40(4,5)6)32-16-28(20-36(44)24-32)12-26-14-30(37)22-34(42)18-26/h13-24,37-38H,11-12H2,1-10H3. The maximum absolute atomic E-state index is 7.32. The van der Waals surface area contributed by atoms with Gasteiger partial charge in [-0.05, 0) is 142 Å². The normalized spacial score (nSPS) is 17.4. The summed E-state index contributed by atoms with van der Waals surface area (Å²) in [5.41, 5.74) is 9.61. The first-order valence-electron chi connectivity index (χ1n) is 16.6. The van der Waals surface area contributed by atoms with Crippen LogP contribution in [0.1, 0.15) is 98.3 Å². The van der Waals surface area contributed by atoms with Gasteiger partial charge in [0.15, 0.2) is 16.6 Å². The Labute approximate surface area is 324 Å². The minimum atomic E-state index is -2.16. The van der Waals surface area contributed by atoms with Crippen molar-refractivity contribution in [3.8, 4) is 0 Å². The zero-order chi connectivity index (χ0) is 35.4. The highest BCUT2D eigenvalue weighted by atomic mass is 79.9. The maximum atomic E-state index is 7.32. The lowest BCUT2D eigenvalue weighted by atomic mass is 9.92. The molecule has 0 fully saturated rings. The molecule has 8 heteroatoms. The number of hydrogen-bond acceptors (Lipinski definition) is 2. The average Bonchev–Trinajstić information content (AvgIpc) is 2.91. The van der Waals surface area contributed by atoms with Gasteiger partial charge < -0.3 is 8.85 Å². The fraction of sp³-hybridized carbons (Fsp3) is 0.400. The van der Waals surface area contributed by atoms with Gasteiger partial charge in [-0.25, -0.2) is 0 Å². The number of benzene rings is 4. The second-order valence-corrected chi connectivity index (χ2v) is 29.6. The molecular formula is C40H48Br4O2Si2. The molecule has 4 aromatic rings. The zero-order valence-electron chi connectivity index (χ0n) is 29.8. The highest BCUT2D eigenvalue weighted by Crippen LogP contribution is 2.45. The van der Waals surface area contributed by atoms with E-state index in [-0.39, 0.29) is 22.3 Å². The lowest BCUT2D eigenvalue weighted by Crippen LogP contribution is -2.42. The molecule has 0 heterocycles. The Bertz CT molecular complexity index is 1590. The molecule has 256 valence electrons. The molecule has 0 aromatic heterocycles. The van der Waals surface area contributed by atoms with Crippen LogP contribution >= 0.6 is 63.7 Å². The minimum Gasteiger partial charge on any atom is -0.406 e. The molecule has 0 amide bonds. The fourth-order valence-corrected chi connectivity index (χ4v) is 10.5. The van der Waals surface area contributed by atoms with Crippen LogP contribution in [0.3, 0.4) is 0 Å². The molecule has 0 spiro atoms. The highest BCUT2D eigenvalue weighted by molar-refractivity contribution is 9.11. The second-order valence-electron chi connectivity index (χ2n) is 16.4. The van der Waals surface area contributed by atoms with E-state index >= 15 is 0 Å². The summed E-state index contributed by atoms with van der Waals surface area (Å²) in [6.07, 6.45) is 1.16. The van der Waals surface area contributed by atoms with Crippen LogP contribution in [0.15, 0.2) is 90.7 Å². The van der Waals surface area contributed by atoms with Crippen molar-refractivity contribution >= 4 is 80.4 Å². The summed E-state index contributed by atoms with van der Waals surface area (Å²) in [7, 11) is -4.32. The molecule has 2 nitrogen and oxygen atoms in total. The van der Waals surface area contributed by atoms with Gasteiger partial charge in [0.05, 0.1) is 12.2 Å². The molecule has 1 aliphatic carbocycles. The van der Waals surface area contributed by atoms with E-state index in [2.05, 4.69) is 204 Å². The number of fused-ring (bicyclic) bond motifs is 8. The quantitative estimate of drug-likeness (QED) is 0.190. The van der Waals surface area contributed by atoms with Gasteiger partial charge in [0.1, 0.15) is 0 Å². The molecule has 0 saturated carbocycles. The van der Waals surface area contributed by atoms with Crippen LogP contribution in [-0.2, 0) is 21.7 Å². The van der Waals surface area contributed by atoms with Crippen molar-refractivity contribution in [2.75, 3.05) is 0 Å². The molecule has 4 aromatic carbocycles. The van der Waals surface area contributed by atoms with Gasteiger partial charge >= 0.3 is 0 Å². The van der Waals surface area contributed by atoms with E-state index in [1.54, 1.807) is 0 Å². The third-order valence-electron chi connectivity index (χ3n) is 10.4. The van der Waals surface area contributed by atoms with Crippen molar-refractivity contribution in [3.63, 3.8) is 0 Å². The molecule has 1 aliphatic rings. The summed E-state index contributed by atoms with van der Waals surface area (Å²) < 4.78 is 18.9. The van der Waals surface area contributed by atoms with Gasteiger partial charge in [0.25, 0.3) is 0 Å². The Morgan fingerprint density at radius 1 is 0.438 bits per heavy atom. The van der Waals surface area contributed by atoms with E-state index in [1.807, 2.05) is 0 Å². The third-order valence-corrected chi connectivity index (χ3v) is 21.1. The van der Waals surface area contributed by atoms with E-state index in [9.17, 15) is 0 Å². The predicted octanol–water partition coefficient (Wildman–Crippen LogP) is 14.5. The van der Waals surface area contributed by atoms with Gasteiger partial charge in [0.2, 0.25) is 0 Å². The first-order valence-corrected chi connectivity index (χ1v) is 25.6. The van der Waals surface area contributed by atoms with Gasteiger partial charge in [0, 0.05) is 17.9 Å². The van der Waals surface area contributed by atoms with Crippen molar-refractivity contribution in [3.05, 3.63) is 135 Å². The molecule has 0 unspecified atom stereocenters. The van der Waals surface area contributed by atoms with Gasteiger partial charge in [-0.2, -0.15) is 0 Å². The molecule has 0 N–H and O–H groups in total. The van der Waals surface area contributed by atoms with Crippen molar-refractivity contribution in [1.82, 2.24) is 0 Å². The predicted molar refractivity (Wildman–Crippen MR) is 222 cm³/mol. The largest absolute Gasteiger partial charge is 0.406 e. The SMILES string of the molecule is CC(C)(C)[Si](C)(C)OC1c2cc(Br)cc(c2)Cc2cc(Br)cc(c2)C(O[Si](C)(C)C(C)(C)C)c2cc(Br)cc(c2)Cc2cc(Br)cc1c2. The highest BCUT2D eigenvalue weighted by Gasteiger charge is 2.41.